The van der Waals surface area contributed by atoms with Crippen LogP contribution in [-0.2, 0) is 0 Å². The third kappa shape index (κ3) is 2.76. The largest absolute Gasteiger partial charge is 0.271 e. The number of halogens is 3. The molecule has 0 aliphatic heterocycles. The van der Waals surface area contributed by atoms with Gasteiger partial charge in [0.1, 0.15) is 11.6 Å². The van der Waals surface area contributed by atoms with Crippen molar-refractivity contribution >= 4 is 11.6 Å². The van der Waals surface area contributed by atoms with E-state index in [1.165, 1.54) is 24.3 Å². The van der Waals surface area contributed by atoms with E-state index in [2.05, 4.69) is 5.43 Å². The first-order valence-corrected chi connectivity index (χ1v) is 6.08. The minimum absolute atomic E-state index is 0.209. The van der Waals surface area contributed by atoms with E-state index in [1.807, 2.05) is 0 Å². The van der Waals surface area contributed by atoms with Gasteiger partial charge in [-0.15, -0.1) is 0 Å². The molecular weight excluding hydrogens is 270 g/mol. The number of nitrogens with two attached hydrogens (primary N) is 1. The predicted octanol–water partition coefficient (Wildman–Crippen LogP) is 3.48. The third-order valence-electron chi connectivity index (χ3n) is 3.01. The van der Waals surface area contributed by atoms with Crippen molar-refractivity contribution < 1.29 is 8.78 Å². The van der Waals surface area contributed by atoms with Gasteiger partial charge in [0, 0.05) is 10.6 Å². The molecule has 0 spiro atoms. The summed E-state index contributed by atoms with van der Waals surface area (Å²) < 4.78 is 27.3. The van der Waals surface area contributed by atoms with Crippen molar-refractivity contribution in [3.63, 3.8) is 0 Å². The van der Waals surface area contributed by atoms with Crippen LogP contribution < -0.4 is 11.3 Å². The van der Waals surface area contributed by atoms with E-state index in [1.54, 1.807) is 19.1 Å². The van der Waals surface area contributed by atoms with Crippen LogP contribution in [0.25, 0.3) is 0 Å². The summed E-state index contributed by atoms with van der Waals surface area (Å²) >= 11 is 6.02. The second-order valence-electron chi connectivity index (χ2n) is 4.24. The molecule has 3 N–H and O–H groups in total. The number of benzene rings is 2. The molecule has 0 fully saturated rings. The third-order valence-corrected chi connectivity index (χ3v) is 3.34. The highest BCUT2D eigenvalue weighted by Crippen LogP contribution is 2.31. The molecule has 0 saturated carbocycles. The van der Waals surface area contributed by atoms with Crippen LogP contribution in [0.5, 0.6) is 0 Å². The van der Waals surface area contributed by atoms with Gasteiger partial charge in [-0.05, 0) is 42.3 Å². The zero-order chi connectivity index (χ0) is 14.0. The average molecular weight is 283 g/mol. The van der Waals surface area contributed by atoms with Gasteiger partial charge in [0.2, 0.25) is 0 Å². The lowest BCUT2D eigenvalue weighted by Crippen LogP contribution is -2.30. The van der Waals surface area contributed by atoms with Gasteiger partial charge in [-0.3, -0.25) is 5.84 Å². The number of aryl methyl sites for hydroxylation is 1. The molecule has 2 aromatic carbocycles. The van der Waals surface area contributed by atoms with Crippen molar-refractivity contribution in [1.29, 1.82) is 0 Å². The van der Waals surface area contributed by atoms with Gasteiger partial charge >= 0.3 is 0 Å². The molecule has 0 aliphatic rings. The maximum absolute atomic E-state index is 13.9. The number of rotatable bonds is 3. The summed E-state index contributed by atoms with van der Waals surface area (Å²) in [5.74, 6) is 4.60. The average Bonchev–Trinajstić information content (AvgIpc) is 2.37. The number of hydrogen-bond donors (Lipinski definition) is 2. The van der Waals surface area contributed by atoms with Gasteiger partial charge in [-0.1, -0.05) is 23.7 Å². The van der Waals surface area contributed by atoms with Crippen LogP contribution in [0, 0.1) is 18.6 Å². The van der Waals surface area contributed by atoms with Gasteiger partial charge in [0.05, 0.1) is 6.04 Å². The molecule has 0 aromatic heterocycles. The van der Waals surface area contributed by atoms with Crippen LogP contribution >= 0.6 is 11.6 Å². The molecule has 0 radical (unpaired) electrons. The first kappa shape index (κ1) is 13.9. The standard InChI is InChI=1S/C14H13ClF2N2/c1-8-5-6-9(16)7-10(8)14(19-18)13-11(15)3-2-4-12(13)17/h2-7,14,19H,18H2,1H3. The van der Waals surface area contributed by atoms with Crippen LogP contribution in [-0.4, -0.2) is 0 Å². The Hall–Kier alpha value is -1.49. The highest BCUT2D eigenvalue weighted by Gasteiger charge is 2.21. The zero-order valence-electron chi connectivity index (χ0n) is 10.3. The van der Waals surface area contributed by atoms with Gasteiger partial charge in [-0.25, -0.2) is 14.2 Å². The minimum Gasteiger partial charge on any atom is -0.271 e. The van der Waals surface area contributed by atoms with Crippen LogP contribution in [0.3, 0.4) is 0 Å². The van der Waals surface area contributed by atoms with E-state index in [-0.39, 0.29) is 10.6 Å². The maximum atomic E-state index is 13.9. The molecule has 0 heterocycles. The Labute approximate surface area is 115 Å². The Morgan fingerprint density at radius 3 is 2.58 bits per heavy atom. The van der Waals surface area contributed by atoms with E-state index in [0.29, 0.717) is 5.56 Å². The molecule has 2 rings (SSSR count). The minimum atomic E-state index is -0.704. The SMILES string of the molecule is Cc1ccc(F)cc1C(NN)c1c(F)cccc1Cl. The Morgan fingerprint density at radius 1 is 1.21 bits per heavy atom. The molecule has 0 bridgehead atoms. The molecule has 2 nitrogen and oxygen atoms in total. The van der Waals surface area contributed by atoms with Crippen molar-refractivity contribution in [3.05, 3.63) is 69.7 Å². The predicted molar refractivity (Wildman–Crippen MR) is 71.7 cm³/mol. The van der Waals surface area contributed by atoms with E-state index in [0.717, 1.165) is 5.56 Å². The fourth-order valence-electron chi connectivity index (χ4n) is 2.04. The summed E-state index contributed by atoms with van der Waals surface area (Å²) in [6.45, 7) is 1.80. The Bertz CT molecular complexity index is 582. The van der Waals surface area contributed by atoms with Crippen molar-refractivity contribution in [3.8, 4) is 0 Å². The molecule has 5 heteroatoms. The van der Waals surface area contributed by atoms with Crippen LogP contribution in [0.1, 0.15) is 22.7 Å². The van der Waals surface area contributed by atoms with Crippen LogP contribution in [0.2, 0.25) is 5.02 Å². The second-order valence-corrected chi connectivity index (χ2v) is 4.64. The zero-order valence-corrected chi connectivity index (χ0v) is 11.0. The lowest BCUT2D eigenvalue weighted by Gasteiger charge is -2.20. The summed E-state index contributed by atoms with van der Waals surface area (Å²) in [5.41, 5.74) is 4.05. The normalized spacial score (nSPS) is 12.5. The van der Waals surface area contributed by atoms with Crippen molar-refractivity contribution in [2.75, 3.05) is 0 Å². The second kappa shape index (κ2) is 5.65. The summed E-state index contributed by atoms with van der Waals surface area (Å²) in [4.78, 5) is 0. The van der Waals surface area contributed by atoms with E-state index < -0.39 is 17.7 Å². The first-order chi connectivity index (χ1) is 9.04. The first-order valence-electron chi connectivity index (χ1n) is 5.70. The number of nitrogens with one attached hydrogen (secondary N) is 1. The summed E-state index contributed by atoms with van der Waals surface area (Å²) in [5, 5.41) is 0.242. The highest BCUT2D eigenvalue weighted by atomic mass is 35.5. The summed E-state index contributed by atoms with van der Waals surface area (Å²) in [6.07, 6.45) is 0. The Kier molecular flexibility index (Phi) is 4.14. The van der Waals surface area contributed by atoms with Gasteiger partial charge in [0.25, 0.3) is 0 Å². The summed E-state index contributed by atoms with van der Waals surface area (Å²) in [6, 6.07) is 7.94. The molecule has 100 valence electrons. The lowest BCUT2D eigenvalue weighted by molar-refractivity contribution is 0.554. The molecule has 1 unspecified atom stereocenters. The molecule has 0 amide bonds. The van der Waals surface area contributed by atoms with E-state index >= 15 is 0 Å². The molecule has 19 heavy (non-hydrogen) atoms. The Balaban J connectivity index is 2.59. The molecule has 2 aromatic rings. The van der Waals surface area contributed by atoms with Gasteiger partial charge in [0.15, 0.2) is 0 Å². The van der Waals surface area contributed by atoms with Crippen molar-refractivity contribution in [1.82, 2.24) is 5.43 Å². The quantitative estimate of drug-likeness (QED) is 0.668. The fourth-order valence-corrected chi connectivity index (χ4v) is 2.31. The van der Waals surface area contributed by atoms with Crippen molar-refractivity contribution in [2.24, 2.45) is 5.84 Å². The van der Waals surface area contributed by atoms with Gasteiger partial charge < -0.3 is 0 Å². The van der Waals surface area contributed by atoms with Gasteiger partial charge in [-0.2, -0.15) is 0 Å². The monoisotopic (exact) mass is 282 g/mol. The summed E-state index contributed by atoms with van der Waals surface area (Å²) in [7, 11) is 0. The Morgan fingerprint density at radius 2 is 1.95 bits per heavy atom. The highest BCUT2D eigenvalue weighted by molar-refractivity contribution is 6.31. The topological polar surface area (TPSA) is 38.0 Å². The van der Waals surface area contributed by atoms with Crippen LogP contribution in [0.4, 0.5) is 8.78 Å². The molecular formula is C14H13ClF2N2. The fraction of sp³-hybridized carbons (Fsp3) is 0.143. The smallest absolute Gasteiger partial charge is 0.129 e. The maximum Gasteiger partial charge on any atom is 0.129 e. The number of hydrogen-bond acceptors (Lipinski definition) is 2. The van der Waals surface area contributed by atoms with E-state index in [4.69, 9.17) is 17.4 Å². The van der Waals surface area contributed by atoms with Crippen molar-refractivity contribution in [2.45, 2.75) is 13.0 Å². The van der Waals surface area contributed by atoms with E-state index in [9.17, 15) is 8.78 Å². The molecule has 0 aliphatic carbocycles. The van der Waals surface area contributed by atoms with Crippen LogP contribution in [0.15, 0.2) is 36.4 Å². The lowest BCUT2D eigenvalue weighted by atomic mass is 9.95. The molecule has 1 atom stereocenters. The number of hydrazine groups is 1. The molecule has 0 saturated heterocycles.